The minimum atomic E-state index is 0.903. The van der Waals surface area contributed by atoms with Crippen LogP contribution in [0.2, 0.25) is 0 Å². The Morgan fingerprint density at radius 2 is 2.24 bits per heavy atom. The number of anilines is 1. The third-order valence-corrected chi connectivity index (χ3v) is 4.52. The molecule has 1 N–H and O–H groups in total. The van der Waals surface area contributed by atoms with E-state index in [1.807, 2.05) is 12.1 Å². The summed E-state index contributed by atoms with van der Waals surface area (Å²) in [6.45, 7) is 1.13. The van der Waals surface area contributed by atoms with Crippen LogP contribution in [0, 0.1) is 17.8 Å². The first-order valence-electron chi connectivity index (χ1n) is 6.73. The number of nitrogens with one attached hydrogen (secondary N) is 1. The summed E-state index contributed by atoms with van der Waals surface area (Å²) >= 11 is 0. The number of hydrogen-bond acceptors (Lipinski definition) is 2. The monoisotopic (exact) mass is 231 g/mol. The van der Waals surface area contributed by atoms with Crippen LogP contribution in [0.5, 0.6) is 5.75 Å². The van der Waals surface area contributed by atoms with Gasteiger partial charge in [-0.3, -0.25) is 0 Å². The van der Waals surface area contributed by atoms with E-state index in [0.29, 0.717) is 0 Å². The van der Waals surface area contributed by atoms with Crippen LogP contribution in [0.15, 0.2) is 24.3 Å². The lowest BCUT2D eigenvalue weighted by molar-refractivity contribution is 0.348. The lowest BCUT2D eigenvalue weighted by Gasteiger charge is -2.22. The van der Waals surface area contributed by atoms with Crippen molar-refractivity contribution in [2.75, 3.05) is 19.0 Å². The molecule has 0 aromatic heterocycles. The molecule has 3 rings (SSSR count). The van der Waals surface area contributed by atoms with E-state index in [-0.39, 0.29) is 0 Å². The summed E-state index contributed by atoms with van der Waals surface area (Å²) in [7, 11) is 1.72. The average Bonchev–Trinajstić information content (AvgIpc) is 2.99. The zero-order chi connectivity index (χ0) is 11.7. The van der Waals surface area contributed by atoms with Gasteiger partial charge in [0.2, 0.25) is 0 Å². The van der Waals surface area contributed by atoms with E-state index in [9.17, 15) is 0 Å². The van der Waals surface area contributed by atoms with Gasteiger partial charge in [0.25, 0.3) is 0 Å². The molecule has 0 heterocycles. The quantitative estimate of drug-likeness (QED) is 0.855. The minimum Gasteiger partial charge on any atom is -0.497 e. The Hall–Kier alpha value is -1.18. The normalized spacial score (nSPS) is 30.5. The third kappa shape index (κ3) is 2.26. The zero-order valence-electron chi connectivity index (χ0n) is 10.5. The maximum Gasteiger partial charge on any atom is 0.120 e. The molecule has 3 unspecified atom stereocenters. The second-order valence-electron chi connectivity index (χ2n) is 5.55. The summed E-state index contributed by atoms with van der Waals surface area (Å²) in [4.78, 5) is 0. The van der Waals surface area contributed by atoms with Gasteiger partial charge in [0.15, 0.2) is 0 Å². The van der Waals surface area contributed by atoms with Gasteiger partial charge >= 0.3 is 0 Å². The molecular formula is C15H21NO. The fraction of sp³-hybridized carbons (Fsp3) is 0.600. The summed E-state index contributed by atoms with van der Waals surface area (Å²) in [6.07, 6.45) is 5.89. The van der Waals surface area contributed by atoms with Crippen LogP contribution < -0.4 is 10.1 Å². The lowest BCUT2D eigenvalue weighted by atomic mass is 9.89. The van der Waals surface area contributed by atoms with Gasteiger partial charge in [-0.15, -0.1) is 0 Å². The van der Waals surface area contributed by atoms with Crippen molar-refractivity contribution in [1.29, 1.82) is 0 Å². The maximum absolute atomic E-state index is 5.24. The summed E-state index contributed by atoms with van der Waals surface area (Å²) in [6, 6.07) is 8.23. The average molecular weight is 231 g/mol. The summed E-state index contributed by atoms with van der Waals surface area (Å²) < 4.78 is 5.24. The Bertz CT molecular complexity index is 390. The van der Waals surface area contributed by atoms with Gasteiger partial charge < -0.3 is 10.1 Å². The van der Waals surface area contributed by atoms with Gasteiger partial charge in [-0.1, -0.05) is 12.5 Å². The maximum atomic E-state index is 5.24. The smallest absolute Gasteiger partial charge is 0.120 e. The molecule has 0 aliphatic heterocycles. The van der Waals surface area contributed by atoms with Gasteiger partial charge in [-0.05, 0) is 49.1 Å². The molecule has 2 nitrogen and oxygen atoms in total. The first-order chi connectivity index (χ1) is 8.35. The number of ether oxygens (including phenoxy) is 1. The first kappa shape index (κ1) is 10.9. The van der Waals surface area contributed by atoms with E-state index < -0.39 is 0 Å². The highest BCUT2D eigenvalue weighted by Crippen LogP contribution is 2.48. The summed E-state index contributed by atoms with van der Waals surface area (Å²) in [5.74, 6) is 3.87. The highest BCUT2D eigenvalue weighted by molar-refractivity contribution is 5.48. The van der Waals surface area contributed by atoms with Crippen molar-refractivity contribution >= 4 is 5.69 Å². The standard InChI is InChI=1S/C15H21NO/c1-17-15-4-2-3-14(9-15)16-10-13-8-11-5-6-12(13)7-11/h2-4,9,11-13,16H,5-8,10H2,1H3. The molecule has 0 amide bonds. The van der Waals surface area contributed by atoms with Gasteiger partial charge in [-0.25, -0.2) is 0 Å². The molecule has 0 radical (unpaired) electrons. The molecule has 2 aliphatic rings. The van der Waals surface area contributed by atoms with Crippen molar-refractivity contribution in [3.8, 4) is 5.75 Å². The highest BCUT2D eigenvalue weighted by Gasteiger charge is 2.38. The Labute approximate surface area is 103 Å². The molecular weight excluding hydrogens is 210 g/mol. The molecule has 1 aromatic carbocycles. The summed E-state index contributed by atoms with van der Waals surface area (Å²) in [5.41, 5.74) is 1.19. The Morgan fingerprint density at radius 3 is 2.94 bits per heavy atom. The Balaban J connectivity index is 1.56. The molecule has 2 aliphatic carbocycles. The van der Waals surface area contributed by atoms with E-state index in [1.54, 1.807) is 7.11 Å². The van der Waals surface area contributed by atoms with Gasteiger partial charge in [-0.2, -0.15) is 0 Å². The van der Waals surface area contributed by atoms with Crippen LogP contribution in [0.25, 0.3) is 0 Å². The predicted molar refractivity (Wildman–Crippen MR) is 70.4 cm³/mol. The van der Waals surface area contributed by atoms with Crippen molar-refractivity contribution in [2.24, 2.45) is 17.8 Å². The van der Waals surface area contributed by atoms with Crippen molar-refractivity contribution in [3.05, 3.63) is 24.3 Å². The minimum absolute atomic E-state index is 0.903. The van der Waals surface area contributed by atoms with Gasteiger partial charge in [0.1, 0.15) is 5.75 Å². The third-order valence-electron chi connectivity index (χ3n) is 4.52. The van der Waals surface area contributed by atoms with Crippen LogP contribution in [-0.2, 0) is 0 Å². The number of methoxy groups -OCH3 is 1. The SMILES string of the molecule is COc1cccc(NCC2CC3CCC2C3)c1. The molecule has 92 valence electrons. The molecule has 0 saturated heterocycles. The largest absolute Gasteiger partial charge is 0.497 e. The van der Waals surface area contributed by atoms with E-state index >= 15 is 0 Å². The molecule has 2 fully saturated rings. The molecule has 17 heavy (non-hydrogen) atoms. The van der Waals surface area contributed by atoms with Gasteiger partial charge in [0, 0.05) is 18.3 Å². The number of hydrogen-bond donors (Lipinski definition) is 1. The topological polar surface area (TPSA) is 21.3 Å². The molecule has 2 bridgehead atoms. The van der Waals surface area contributed by atoms with E-state index in [1.165, 1.54) is 31.4 Å². The highest BCUT2D eigenvalue weighted by atomic mass is 16.5. The zero-order valence-corrected chi connectivity index (χ0v) is 10.5. The number of benzene rings is 1. The van der Waals surface area contributed by atoms with Crippen LogP contribution in [0.3, 0.4) is 0 Å². The second kappa shape index (κ2) is 4.59. The van der Waals surface area contributed by atoms with E-state index in [0.717, 1.165) is 30.0 Å². The number of fused-ring (bicyclic) bond motifs is 2. The molecule has 1 aromatic rings. The Kier molecular flexibility index (Phi) is 2.96. The molecule has 2 saturated carbocycles. The second-order valence-corrected chi connectivity index (χ2v) is 5.55. The van der Waals surface area contributed by atoms with Crippen LogP contribution >= 0.6 is 0 Å². The van der Waals surface area contributed by atoms with Crippen molar-refractivity contribution < 1.29 is 4.74 Å². The first-order valence-corrected chi connectivity index (χ1v) is 6.73. The number of rotatable bonds is 4. The molecule has 3 atom stereocenters. The fourth-order valence-corrected chi connectivity index (χ4v) is 3.61. The van der Waals surface area contributed by atoms with Crippen molar-refractivity contribution in [1.82, 2.24) is 0 Å². The van der Waals surface area contributed by atoms with E-state index in [4.69, 9.17) is 4.74 Å². The molecule has 0 spiro atoms. The summed E-state index contributed by atoms with van der Waals surface area (Å²) in [5, 5.41) is 3.57. The van der Waals surface area contributed by atoms with Crippen LogP contribution in [-0.4, -0.2) is 13.7 Å². The van der Waals surface area contributed by atoms with Crippen molar-refractivity contribution in [2.45, 2.75) is 25.7 Å². The predicted octanol–water partition coefficient (Wildman–Crippen LogP) is 3.54. The lowest BCUT2D eigenvalue weighted by Crippen LogP contribution is -2.20. The fourth-order valence-electron chi connectivity index (χ4n) is 3.61. The van der Waals surface area contributed by atoms with Gasteiger partial charge in [0.05, 0.1) is 7.11 Å². The molecule has 2 heteroatoms. The van der Waals surface area contributed by atoms with Crippen molar-refractivity contribution in [3.63, 3.8) is 0 Å². The van der Waals surface area contributed by atoms with Crippen LogP contribution in [0.1, 0.15) is 25.7 Å². The Morgan fingerprint density at radius 1 is 1.29 bits per heavy atom. The van der Waals surface area contributed by atoms with Crippen LogP contribution in [0.4, 0.5) is 5.69 Å². The van der Waals surface area contributed by atoms with E-state index in [2.05, 4.69) is 17.4 Å².